The van der Waals surface area contributed by atoms with Crippen LogP contribution in [0.2, 0.25) is 0 Å². The molecule has 0 radical (unpaired) electrons. The molecule has 2 N–H and O–H groups in total. The van der Waals surface area contributed by atoms with E-state index in [1.54, 1.807) is 30.5 Å². The normalized spacial score (nSPS) is 10.6. The van der Waals surface area contributed by atoms with Gasteiger partial charge in [0, 0.05) is 23.9 Å². The third-order valence-electron chi connectivity index (χ3n) is 2.64. The van der Waals surface area contributed by atoms with Gasteiger partial charge in [0.05, 0.1) is 5.69 Å². The predicted octanol–water partition coefficient (Wildman–Crippen LogP) is 2.05. The van der Waals surface area contributed by atoms with Crippen molar-refractivity contribution in [3.63, 3.8) is 0 Å². The van der Waals surface area contributed by atoms with E-state index in [2.05, 4.69) is 15.1 Å². The lowest BCUT2D eigenvalue weighted by Crippen LogP contribution is -2.03. The Hall–Kier alpha value is -2.76. The van der Waals surface area contributed by atoms with E-state index in [1.165, 1.54) is 23.1 Å². The molecule has 19 heavy (non-hydrogen) atoms. The van der Waals surface area contributed by atoms with Crippen LogP contribution in [0.3, 0.4) is 0 Å². The molecule has 0 aliphatic carbocycles. The number of benzene rings is 1. The van der Waals surface area contributed by atoms with Gasteiger partial charge < -0.3 is 5.73 Å². The molecule has 3 aromatic rings. The Balaban J connectivity index is 2.07. The first-order valence-electron chi connectivity index (χ1n) is 5.62. The Kier molecular flexibility index (Phi) is 2.68. The zero-order valence-corrected chi connectivity index (χ0v) is 9.86. The number of hydrogen-bond acceptors (Lipinski definition) is 4. The van der Waals surface area contributed by atoms with Crippen LogP contribution >= 0.6 is 0 Å². The van der Waals surface area contributed by atoms with Gasteiger partial charge in [-0.15, -0.1) is 0 Å². The van der Waals surface area contributed by atoms with Crippen molar-refractivity contribution < 1.29 is 4.39 Å². The van der Waals surface area contributed by atoms with Gasteiger partial charge in [0.15, 0.2) is 5.82 Å². The number of hydrogen-bond donors (Lipinski definition) is 1. The molecule has 0 spiro atoms. The first kappa shape index (κ1) is 11.3. The van der Waals surface area contributed by atoms with Gasteiger partial charge in [-0.05, 0) is 12.1 Å². The second-order valence-electron chi connectivity index (χ2n) is 3.94. The van der Waals surface area contributed by atoms with E-state index in [0.29, 0.717) is 22.9 Å². The minimum atomic E-state index is -0.312. The van der Waals surface area contributed by atoms with Gasteiger partial charge in [0.2, 0.25) is 0 Å². The smallest absolute Gasteiger partial charge is 0.159 e. The van der Waals surface area contributed by atoms with E-state index in [0.717, 1.165) is 0 Å². The molecule has 6 heteroatoms. The lowest BCUT2D eigenvalue weighted by atomic mass is 10.1. The number of nitrogens with zero attached hydrogens (tertiary/aromatic N) is 4. The summed E-state index contributed by atoms with van der Waals surface area (Å²) in [6.07, 6.45) is 3.02. The summed E-state index contributed by atoms with van der Waals surface area (Å²) in [7, 11) is 0. The molecule has 2 aromatic heterocycles. The number of halogens is 1. The maximum Gasteiger partial charge on any atom is 0.159 e. The number of nitrogens with two attached hydrogens (primary N) is 1. The summed E-state index contributed by atoms with van der Waals surface area (Å²) in [5.41, 5.74) is 7.15. The van der Waals surface area contributed by atoms with Crippen molar-refractivity contribution in [3.05, 3.63) is 54.7 Å². The minimum absolute atomic E-state index is 0.312. The molecule has 0 aliphatic rings. The Labute approximate surface area is 108 Å². The van der Waals surface area contributed by atoms with Crippen LogP contribution in [0.1, 0.15) is 0 Å². The molecule has 0 bridgehead atoms. The minimum Gasteiger partial charge on any atom is -0.384 e. The van der Waals surface area contributed by atoms with Crippen molar-refractivity contribution in [2.75, 3.05) is 5.73 Å². The molecule has 0 fully saturated rings. The summed E-state index contributed by atoms with van der Waals surface area (Å²) in [4.78, 5) is 7.90. The monoisotopic (exact) mass is 255 g/mol. The summed E-state index contributed by atoms with van der Waals surface area (Å²) in [6.45, 7) is 0. The van der Waals surface area contributed by atoms with Gasteiger partial charge in [-0.25, -0.2) is 14.4 Å². The van der Waals surface area contributed by atoms with Crippen LogP contribution < -0.4 is 5.73 Å². The van der Waals surface area contributed by atoms with E-state index in [4.69, 9.17) is 5.73 Å². The number of nitrogen functional groups attached to an aromatic ring is 1. The van der Waals surface area contributed by atoms with Crippen molar-refractivity contribution >= 4 is 5.82 Å². The molecule has 0 saturated carbocycles. The van der Waals surface area contributed by atoms with Crippen LogP contribution in [0.15, 0.2) is 48.9 Å². The Morgan fingerprint density at radius 3 is 2.79 bits per heavy atom. The van der Waals surface area contributed by atoms with Crippen LogP contribution in [0.5, 0.6) is 0 Å². The van der Waals surface area contributed by atoms with Gasteiger partial charge in [0.1, 0.15) is 18.0 Å². The third-order valence-corrected chi connectivity index (χ3v) is 2.64. The molecule has 0 aliphatic heterocycles. The first-order valence-corrected chi connectivity index (χ1v) is 5.62. The molecule has 0 saturated heterocycles. The Morgan fingerprint density at radius 2 is 2.05 bits per heavy atom. The molecule has 5 nitrogen and oxygen atoms in total. The van der Waals surface area contributed by atoms with Crippen LogP contribution in [0.4, 0.5) is 10.2 Å². The largest absolute Gasteiger partial charge is 0.384 e. The molecule has 0 atom stereocenters. The van der Waals surface area contributed by atoms with Crippen molar-refractivity contribution in [1.29, 1.82) is 0 Å². The second-order valence-corrected chi connectivity index (χ2v) is 3.94. The van der Waals surface area contributed by atoms with Crippen LogP contribution in [-0.4, -0.2) is 19.7 Å². The highest BCUT2D eigenvalue weighted by atomic mass is 19.1. The zero-order valence-electron chi connectivity index (χ0n) is 9.86. The molecule has 94 valence electrons. The number of aromatic nitrogens is 4. The second kappa shape index (κ2) is 4.49. The molecule has 0 amide bonds. The number of anilines is 1. The summed E-state index contributed by atoms with van der Waals surface area (Å²) >= 11 is 0. The van der Waals surface area contributed by atoms with E-state index in [1.807, 2.05) is 0 Å². The predicted molar refractivity (Wildman–Crippen MR) is 69.0 cm³/mol. The maximum absolute atomic E-state index is 13.2. The Bertz CT molecular complexity index is 708. The molecular formula is C13H10FN5. The van der Waals surface area contributed by atoms with E-state index in [9.17, 15) is 4.39 Å². The highest BCUT2D eigenvalue weighted by Crippen LogP contribution is 2.22. The zero-order chi connectivity index (χ0) is 13.2. The van der Waals surface area contributed by atoms with Crippen molar-refractivity contribution in [3.8, 4) is 17.1 Å². The molecule has 0 unspecified atom stereocenters. The third kappa shape index (κ3) is 2.15. The highest BCUT2D eigenvalue weighted by molar-refractivity contribution is 5.63. The van der Waals surface area contributed by atoms with Gasteiger partial charge in [-0.3, -0.25) is 0 Å². The van der Waals surface area contributed by atoms with Gasteiger partial charge in [-0.1, -0.05) is 12.1 Å². The van der Waals surface area contributed by atoms with Crippen molar-refractivity contribution in [2.45, 2.75) is 0 Å². The van der Waals surface area contributed by atoms with Crippen LogP contribution in [-0.2, 0) is 0 Å². The summed E-state index contributed by atoms with van der Waals surface area (Å²) in [6, 6.07) is 9.57. The first-order chi connectivity index (χ1) is 9.24. The topological polar surface area (TPSA) is 69.6 Å². The van der Waals surface area contributed by atoms with E-state index < -0.39 is 0 Å². The number of rotatable bonds is 2. The van der Waals surface area contributed by atoms with Gasteiger partial charge in [0.25, 0.3) is 0 Å². The fourth-order valence-corrected chi connectivity index (χ4v) is 1.78. The lowest BCUT2D eigenvalue weighted by Gasteiger charge is -2.00. The molecule has 1 aromatic carbocycles. The summed E-state index contributed by atoms with van der Waals surface area (Å²) in [5.74, 6) is 0.681. The van der Waals surface area contributed by atoms with E-state index in [-0.39, 0.29) is 5.82 Å². The quantitative estimate of drug-likeness (QED) is 0.760. The van der Waals surface area contributed by atoms with E-state index >= 15 is 0 Å². The fourth-order valence-electron chi connectivity index (χ4n) is 1.78. The SMILES string of the molecule is Nc1cc(-c2cccc(F)c2)nn1-c1ccncn1. The standard InChI is InChI=1S/C13H10FN5/c14-10-3-1-2-9(6-10)11-7-12(15)19(18-11)13-4-5-16-8-17-13/h1-8H,15H2. The lowest BCUT2D eigenvalue weighted by molar-refractivity contribution is 0.628. The van der Waals surface area contributed by atoms with Gasteiger partial charge in [-0.2, -0.15) is 9.78 Å². The van der Waals surface area contributed by atoms with Crippen molar-refractivity contribution in [2.24, 2.45) is 0 Å². The summed E-state index contributed by atoms with van der Waals surface area (Å²) in [5, 5.41) is 4.33. The molecular weight excluding hydrogens is 245 g/mol. The van der Waals surface area contributed by atoms with Crippen LogP contribution in [0.25, 0.3) is 17.1 Å². The highest BCUT2D eigenvalue weighted by Gasteiger charge is 2.09. The maximum atomic E-state index is 13.2. The average Bonchev–Trinajstić information content (AvgIpc) is 2.82. The van der Waals surface area contributed by atoms with Gasteiger partial charge >= 0.3 is 0 Å². The molecule has 2 heterocycles. The van der Waals surface area contributed by atoms with Crippen molar-refractivity contribution in [1.82, 2.24) is 19.7 Å². The Morgan fingerprint density at radius 1 is 1.16 bits per heavy atom. The van der Waals surface area contributed by atoms with Crippen LogP contribution in [0, 0.1) is 5.82 Å². The average molecular weight is 255 g/mol. The fraction of sp³-hybridized carbons (Fsp3) is 0. The summed E-state index contributed by atoms with van der Waals surface area (Å²) < 4.78 is 14.7. The molecule has 3 rings (SSSR count).